The van der Waals surface area contributed by atoms with Crippen molar-refractivity contribution in [2.24, 2.45) is 0 Å². The smallest absolute Gasteiger partial charge is 0.282 e. The van der Waals surface area contributed by atoms with Gasteiger partial charge in [-0.2, -0.15) is 0 Å². The summed E-state index contributed by atoms with van der Waals surface area (Å²) in [6, 6.07) is 9.50. The van der Waals surface area contributed by atoms with Crippen molar-refractivity contribution in [1.82, 2.24) is 4.90 Å². The maximum Gasteiger partial charge on any atom is 0.282 e. The van der Waals surface area contributed by atoms with E-state index in [2.05, 4.69) is 6.58 Å². The predicted molar refractivity (Wildman–Crippen MR) is 87.4 cm³/mol. The molecule has 0 radical (unpaired) electrons. The average molecular weight is 337 g/mol. The predicted octanol–water partition coefficient (Wildman–Crippen LogP) is 4.14. The molecule has 1 aromatic heterocycles. The lowest BCUT2D eigenvalue weighted by Crippen LogP contribution is -2.30. The number of halogens is 1. The van der Waals surface area contributed by atoms with Crippen molar-refractivity contribution < 1.29 is 9.72 Å². The summed E-state index contributed by atoms with van der Waals surface area (Å²) in [5, 5.41) is 11.1. The fourth-order valence-electron chi connectivity index (χ4n) is 1.98. The number of rotatable bonds is 6. The van der Waals surface area contributed by atoms with Crippen LogP contribution in [-0.4, -0.2) is 22.3 Å². The fourth-order valence-corrected chi connectivity index (χ4v) is 3.09. The van der Waals surface area contributed by atoms with E-state index in [0.717, 1.165) is 4.88 Å². The topological polar surface area (TPSA) is 63.5 Å². The minimum absolute atomic E-state index is 0.0667. The number of carbonyl (C=O) groups excluding carboxylic acids is 1. The Hall–Kier alpha value is -2.18. The van der Waals surface area contributed by atoms with Crippen LogP contribution < -0.4 is 0 Å². The first-order chi connectivity index (χ1) is 10.5. The van der Waals surface area contributed by atoms with Gasteiger partial charge >= 0.3 is 0 Å². The van der Waals surface area contributed by atoms with Gasteiger partial charge < -0.3 is 4.90 Å². The van der Waals surface area contributed by atoms with Gasteiger partial charge in [0.2, 0.25) is 0 Å². The highest BCUT2D eigenvalue weighted by Crippen LogP contribution is 2.25. The number of hydrogen-bond acceptors (Lipinski definition) is 4. The SMILES string of the molecule is C=CCN(Cc1ccc(Cl)s1)C(=O)c1ccccc1[N+](=O)[O-]. The lowest BCUT2D eigenvalue weighted by molar-refractivity contribution is -0.385. The van der Waals surface area contributed by atoms with Gasteiger partial charge in [0.15, 0.2) is 0 Å². The molecule has 114 valence electrons. The molecule has 2 aromatic rings. The van der Waals surface area contributed by atoms with Gasteiger partial charge in [-0.3, -0.25) is 14.9 Å². The molecule has 1 aromatic carbocycles. The molecule has 1 amide bonds. The van der Waals surface area contributed by atoms with E-state index in [0.29, 0.717) is 17.4 Å². The minimum Gasteiger partial charge on any atom is -0.330 e. The Kier molecular flexibility index (Phi) is 5.30. The van der Waals surface area contributed by atoms with Crippen molar-refractivity contribution in [2.45, 2.75) is 6.54 Å². The molecule has 0 aliphatic carbocycles. The molecule has 0 bridgehead atoms. The first-order valence-electron chi connectivity index (χ1n) is 6.40. The Labute approximate surface area is 136 Å². The lowest BCUT2D eigenvalue weighted by atomic mass is 10.1. The molecule has 2 rings (SSSR count). The number of hydrogen-bond donors (Lipinski definition) is 0. The monoisotopic (exact) mass is 336 g/mol. The summed E-state index contributed by atoms with van der Waals surface area (Å²) in [6.07, 6.45) is 1.59. The molecule has 0 unspecified atom stereocenters. The summed E-state index contributed by atoms with van der Waals surface area (Å²) in [5.41, 5.74) is -0.136. The van der Waals surface area contributed by atoms with Crippen LogP contribution in [0.5, 0.6) is 0 Å². The number of para-hydroxylation sites is 1. The number of nitrogens with zero attached hydrogens (tertiary/aromatic N) is 2. The Morgan fingerprint density at radius 1 is 1.36 bits per heavy atom. The first kappa shape index (κ1) is 16.2. The van der Waals surface area contributed by atoms with Crippen LogP contribution in [0.25, 0.3) is 0 Å². The van der Waals surface area contributed by atoms with Crippen molar-refractivity contribution in [3.63, 3.8) is 0 Å². The molecule has 1 heterocycles. The highest BCUT2D eigenvalue weighted by molar-refractivity contribution is 7.16. The van der Waals surface area contributed by atoms with Gasteiger partial charge in [0, 0.05) is 17.5 Å². The lowest BCUT2D eigenvalue weighted by Gasteiger charge is -2.20. The third-order valence-electron chi connectivity index (χ3n) is 2.94. The molecular weight excluding hydrogens is 324 g/mol. The zero-order valence-corrected chi connectivity index (χ0v) is 13.1. The molecule has 0 aliphatic rings. The van der Waals surface area contributed by atoms with Gasteiger partial charge in [-0.15, -0.1) is 17.9 Å². The van der Waals surface area contributed by atoms with Gasteiger partial charge in [0.25, 0.3) is 11.6 Å². The maximum atomic E-state index is 12.6. The van der Waals surface area contributed by atoms with E-state index in [1.54, 1.807) is 18.2 Å². The van der Waals surface area contributed by atoms with Gasteiger partial charge in [0.05, 0.1) is 15.8 Å². The van der Waals surface area contributed by atoms with E-state index < -0.39 is 10.8 Å². The van der Waals surface area contributed by atoms with E-state index in [4.69, 9.17) is 11.6 Å². The van der Waals surface area contributed by atoms with Crippen LogP contribution in [0.2, 0.25) is 4.34 Å². The number of amides is 1. The van der Waals surface area contributed by atoms with E-state index in [-0.39, 0.29) is 11.3 Å². The fraction of sp³-hybridized carbons (Fsp3) is 0.133. The molecule has 5 nitrogen and oxygen atoms in total. The van der Waals surface area contributed by atoms with Gasteiger partial charge in [-0.1, -0.05) is 29.8 Å². The molecule has 0 aliphatic heterocycles. The summed E-state index contributed by atoms with van der Waals surface area (Å²) in [7, 11) is 0. The van der Waals surface area contributed by atoms with E-state index in [1.807, 2.05) is 6.07 Å². The Balaban J connectivity index is 2.30. The highest BCUT2D eigenvalue weighted by Gasteiger charge is 2.24. The minimum atomic E-state index is -0.554. The van der Waals surface area contributed by atoms with Crippen LogP contribution in [0.15, 0.2) is 49.1 Å². The summed E-state index contributed by atoms with van der Waals surface area (Å²) in [4.78, 5) is 25.5. The van der Waals surface area contributed by atoms with Crippen molar-refractivity contribution in [3.8, 4) is 0 Å². The van der Waals surface area contributed by atoms with Crippen LogP contribution in [0.4, 0.5) is 5.69 Å². The molecule has 0 saturated carbocycles. The van der Waals surface area contributed by atoms with Gasteiger partial charge in [-0.25, -0.2) is 0 Å². The molecule has 7 heteroatoms. The normalized spacial score (nSPS) is 10.2. The highest BCUT2D eigenvalue weighted by atomic mass is 35.5. The second-order valence-electron chi connectivity index (χ2n) is 4.45. The van der Waals surface area contributed by atoms with Gasteiger partial charge in [-0.05, 0) is 18.2 Å². The number of nitro groups is 1. The van der Waals surface area contributed by atoms with Crippen molar-refractivity contribution in [3.05, 3.63) is 73.9 Å². The number of benzene rings is 1. The maximum absolute atomic E-state index is 12.6. The van der Waals surface area contributed by atoms with Crippen molar-refractivity contribution >= 4 is 34.5 Å². The quantitative estimate of drug-likeness (QED) is 0.452. The van der Waals surface area contributed by atoms with Crippen LogP contribution >= 0.6 is 22.9 Å². The molecule has 0 atom stereocenters. The third kappa shape index (κ3) is 3.72. The molecular formula is C15H13ClN2O3S. The van der Waals surface area contributed by atoms with Gasteiger partial charge in [0.1, 0.15) is 5.56 Å². The van der Waals surface area contributed by atoms with E-state index in [9.17, 15) is 14.9 Å². The second kappa shape index (κ2) is 7.20. The third-order valence-corrected chi connectivity index (χ3v) is 4.16. The summed E-state index contributed by atoms with van der Waals surface area (Å²) in [6.45, 7) is 4.25. The zero-order valence-electron chi connectivity index (χ0n) is 11.6. The first-order valence-corrected chi connectivity index (χ1v) is 7.60. The van der Waals surface area contributed by atoms with E-state index >= 15 is 0 Å². The van der Waals surface area contributed by atoms with Crippen LogP contribution in [0, 0.1) is 10.1 Å². The zero-order chi connectivity index (χ0) is 16.1. The molecule has 0 fully saturated rings. The molecule has 0 N–H and O–H groups in total. The Morgan fingerprint density at radius 3 is 2.68 bits per heavy atom. The van der Waals surface area contributed by atoms with Crippen LogP contribution in [-0.2, 0) is 6.54 Å². The summed E-state index contributed by atoms with van der Waals surface area (Å²) in [5.74, 6) is -0.406. The van der Waals surface area contributed by atoms with Crippen LogP contribution in [0.1, 0.15) is 15.2 Å². The largest absolute Gasteiger partial charge is 0.330 e. The molecule has 22 heavy (non-hydrogen) atoms. The molecule has 0 spiro atoms. The number of thiophene rings is 1. The Morgan fingerprint density at radius 2 is 2.09 bits per heavy atom. The number of carbonyl (C=O) groups is 1. The van der Waals surface area contributed by atoms with Crippen LogP contribution in [0.3, 0.4) is 0 Å². The average Bonchev–Trinajstić information content (AvgIpc) is 2.91. The van der Waals surface area contributed by atoms with Crippen molar-refractivity contribution in [1.29, 1.82) is 0 Å². The van der Waals surface area contributed by atoms with E-state index in [1.165, 1.54) is 34.4 Å². The second-order valence-corrected chi connectivity index (χ2v) is 6.25. The summed E-state index contributed by atoms with van der Waals surface area (Å²) < 4.78 is 0.631. The number of nitro benzene ring substituents is 1. The molecule has 0 saturated heterocycles. The van der Waals surface area contributed by atoms with Crippen molar-refractivity contribution in [2.75, 3.05) is 6.54 Å². The standard InChI is InChI=1S/C15H13ClN2O3S/c1-2-9-17(10-11-7-8-14(16)22-11)15(19)12-5-3-4-6-13(12)18(20)21/h2-8H,1,9-10H2. The summed E-state index contributed by atoms with van der Waals surface area (Å²) >= 11 is 7.26. The Bertz CT molecular complexity index is 714.